The van der Waals surface area contributed by atoms with Crippen molar-refractivity contribution in [2.24, 2.45) is 10.7 Å². The molecule has 2 aromatic carbocycles. The number of alkyl halides is 3. The van der Waals surface area contributed by atoms with Gasteiger partial charge < -0.3 is 15.8 Å². The summed E-state index contributed by atoms with van der Waals surface area (Å²) < 4.78 is 43.1. The van der Waals surface area contributed by atoms with E-state index in [1.54, 1.807) is 16.9 Å². The summed E-state index contributed by atoms with van der Waals surface area (Å²) in [6, 6.07) is 15.5. The van der Waals surface area contributed by atoms with E-state index in [2.05, 4.69) is 20.1 Å². The Morgan fingerprint density at radius 2 is 1.76 bits per heavy atom. The summed E-state index contributed by atoms with van der Waals surface area (Å²) in [5, 5.41) is 6.89. The third kappa shape index (κ3) is 7.29. The number of benzene rings is 2. The van der Waals surface area contributed by atoms with Crippen LogP contribution >= 0.6 is 24.0 Å². The fraction of sp³-hybridized carbons (Fsp3) is 0.158. The van der Waals surface area contributed by atoms with Gasteiger partial charge in [-0.05, 0) is 17.7 Å². The predicted molar refractivity (Wildman–Crippen MR) is 115 cm³/mol. The van der Waals surface area contributed by atoms with E-state index < -0.39 is 6.36 Å². The monoisotopic (exact) mass is 517 g/mol. The fourth-order valence-corrected chi connectivity index (χ4v) is 2.48. The molecule has 0 aliphatic rings. The van der Waals surface area contributed by atoms with E-state index in [4.69, 9.17) is 5.73 Å². The van der Waals surface area contributed by atoms with Crippen LogP contribution in [-0.4, -0.2) is 22.1 Å². The summed E-state index contributed by atoms with van der Waals surface area (Å²) in [7, 11) is 0. The van der Waals surface area contributed by atoms with Gasteiger partial charge in [-0.15, -0.1) is 37.1 Å². The molecule has 10 heteroatoms. The van der Waals surface area contributed by atoms with Crippen molar-refractivity contribution in [1.29, 1.82) is 0 Å². The van der Waals surface area contributed by atoms with Gasteiger partial charge in [0, 0.05) is 11.8 Å². The van der Waals surface area contributed by atoms with Crippen molar-refractivity contribution in [2.45, 2.75) is 19.5 Å². The molecule has 0 unspecified atom stereocenters. The molecule has 29 heavy (non-hydrogen) atoms. The number of para-hydroxylation sites is 2. The lowest BCUT2D eigenvalue weighted by molar-refractivity contribution is -0.274. The molecular weight excluding hydrogens is 498 g/mol. The van der Waals surface area contributed by atoms with Crippen molar-refractivity contribution in [2.75, 3.05) is 5.32 Å². The number of rotatable bonds is 6. The molecule has 0 amide bonds. The normalized spacial score (nSPS) is 11.6. The number of nitrogens with one attached hydrogen (secondary N) is 1. The lowest BCUT2D eigenvalue weighted by Gasteiger charge is -2.14. The van der Waals surface area contributed by atoms with E-state index in [0.717, 1.165) is 11.1 Å². The van der Waals surface area contributed by atoms with Crippen LogP contribution in [0, 0.1) is 0 Å². The largest absolute Gasteiger partial charge is 0.573 e. The van der Waals surface area contributed by atoms with Crippen LogP contribution in [0.25, 0.3) is 0 Å². The zero-order valence-electron chi connectivity index (χ0n) is 15.1. The van der Waals surface area contributed by atoms with Crippen LogP contribution < -0.4 is 15.8 Å². The van der Waals surface area contributed by atoms with E-state index >= 15 is 0 Å². The molecule has 0 atom stereocenters. The number of aliphatic imine (C=N–C) groups is 1. The first-order valence-electron chi connectivity index (χ1n) is 8.36. The minimum Gasteiger partial charge on any atom is -0.404 e. The molecular formula is C19H19F3IN5O. The molecule has 6 nitrogen and oxygen atoms in total. The minimum atomic E-state index is -4.79. The zero-order valence-corrected chi connectivity index (χ0v) is 17.5. The summed E-state index contributed by atoms with van der Waals surface area (Å²) in [6.07, 6.45) is -1.29. The topological polar surface area (TPSA) is 77.5 Å². The first-order chi connectivity index (χ1) is 13.4. The van der Waals surface area contributed by atoms with Gasteiger partial charge in [-0.25, -0.2) is 4.99 Å². The third-order valence-electron chi connectivity index (χ3n) is 3.68. The zero-order chi connectivity index (χ0) is 20.0. The number of aromatic nitrogens is 2. The highest BCUT2D eigenvalue weighted by atomic mass is 127. The highest BCUT2D eigenvalue weighted by Gasteiger charge is 2.32. The summed E-state index contributed by atoms with van der Waals surface area (Å²) in [5.41, 5.74) is 7.80. The maximum atomic E-state index is 12.5. The van der Waals surface area contributed by atoms with Crippen LogP contribution in [-0.2, 0) is 13.1 Å². The number of nitrogens with zero attached hydrogens (tertiary/aromatic N) is 3. The first kappa shape index (κ1) is 22.5. The van der Waals surface area contributed by atoms with Crippen LogP contribution in [0.5, 0.6) is 5.75 Å². The summed E-state index contributed by atoms with van der Waals surface area (Å²) in [6.45, 7) is 0.858. The third-order valence-corrected chi connectivity index (χ3v) is 3.68. The Kier molecular flexibility index (Phi) is 7.88. The van der Waals surface area contributed by atoms with Gasteiger partial charge in [0.1, 0.15) is 0 Å². The molecule has 0 saturated carbocycles. The lowest BCUT2D eigenvalue weighted by atomic mass is 10.2. The van der Waals surface area contributed by atoms with E-state index in [0.29, 0.717) is 6.54 Å². The Bertz CT molecular complexity index is 944. The SMILES string of the molecule is I.NC(=NCc1cnn(Cc2ccccc2)c1)Nc1ccccc1OC(F)(F)F. The summed E-state index contributed by atoms with van der Waals surface area (Å²) in [5.74, 6) is -0.419. The second kappa shape index (κ2) is 10.1. The van der Waals surface area contributed by atoms with Gasteiger partial charge in [-0.1, -0.05) is 42.5 Å². The van der Waals surface area contributed by atoms with Crippen molar-refractivity contribution >= 4 is 35.6 Å². The van der Waals surface area contributed by atoms with Gasteiger partial charge in [0.2, 0.25) is 0 Å². The van der Waals surface area contributed by atoms with Crippen molar-refractivity contribution in [1.82, 2.24) is 9.78 Å². The smallest absolute Gasteiger partial charge is 0.404 e. The highest BCUT2D eigenvalue weighted by molar-refractivity contribution is 14.0. The predicted octanol–water partition coefficient (Wildman–Crippen LogP) is 4.37. The molecule has 3 aromatic rings. The molecule has 0 bridgehead atoms. The molecule has 3 rings (SSSR count). The molecule has 154 valence electrons. The van der Waals surface area contributed by atoms with Crippen LogP contribution in [0.4, 0.5) is 18.9 Å². The lowest BCUT2D eigenvalue weighted by Crippen LogP contribution is -2.24. The van der Waals surface area contributed by atoms with Crippen LogP contribution in [0.3, 0.4) is 0 Å². The van der Waals surface area contributed by atoms with Gasteiger partial charge >= 0.3 is 6.36 Å². The van der Waals surface area contributed by atoms with Gasteiger partial charge in [-0.2, -0.15) is 5.10 Å². The van der Waals surface area contributed by atoms with E-state index in [1.807, 2.05) is 36.5 Å². The molecule has 1 aromatic heterocycles. The van der Waals surface area contributed by atoms with Gasteiger partial charge in [-0.3, -0.25) is 4.68 Å². The van der Waals surface area contributed by atoms with E-state index in [9.17, 15) is 13.2 Å². The first-order valence-corrected chi connectivity index (χ1v) is 8.36. The van der Waals surface area contributed by atoms with E-state index in [-0.39, 0.29) is 47.9 Å². The molecule has 3 N–H and O–H groups in total. The van der Waals surface area contributed by atoms with Gasteiger partial charge in [0.05, 0.1) is 25.0 Å². The maximum Gasteiger partial charge on any atom is 0.573 e. The number of halogens is 4. The summed E-state index contributed by atoms with van der Waals surface area (Å²) >= 11 is 0. The second-order valence-corrected chi connectivity index (χ2v) is 5.90. The molecule has 0 aliphatic carbocycles. The molecule has 1 heterocycles. The Morgan fingerprint density at radius 3 is 2.48 bits per heavy atom. The number of guanidine groups is 1. The van der Waals surface area contributed by atoms with Crippen molar-refractivity contribution in [3.8, 4) is 5.75 Å². The number of hydrogen-bond acceptors (Lipinski definition) is 3. The highest BCUT2D eigenvalue weighted by Crippen LogP contribution is 2.29. The van der Waals surface area contributed by atoms with Gasteiger partial charge in [0.15, 0.2) is 11.7 Å². The average Bonchev–Trinajstić information content (AvgIpc) is 3.09. The molecule has 0 aliphatic heterocycles. The van der Waals surface area contributed by atoms with Gasteiger partial charge in [0.25, 0.3) is 0 Å². The van der Waals surface area contributed by atoms with Crippen molar-refractivity contribution in [3.05, 3.63) is 78.1 Å². The Morgan fingerprint density at radius 1 is 1.07 bits per heavy atom. The maximum absolute atomic E-state index is 12.5. The van der Waals surface area contributed by atoms with Crippen LogP contribution in [0.15, 0.2) is 72.0 Å². The Labute approximate surface area is 182 Å². The van der Waals surface area contributed by atoms with Crippen molar-refractivity contribution < 1.29 is 17.9 Å². The van der Waals surface area contributed by atoms with Crippen LogP contribution in [0.1, 0.15) is 11.1 Å². The Balaban J connectivity index is 0.00000300. The number of hydrogen-bond donors (Lipinski definition) is 2. The van der Waals surface area contributed by atoms with E-state index in [1.165, 1.54) is 18.2 Å². The summed E-state index contributed by atoms with van der Waals surface area (Å²) in [4.78, 5) is 4.14. The molecule has 0 saturated heterocycles. The van der Waals surface area contributed by atoms with Crippen LogP contribution in [0.2, 0.25) is 0 Å². The van der Waals surface area contributed by atoms with Crippen molar-refractivity contribution in [3.63, 3.8) is 0 Å². The fourth-order valence-electron chi connectivity index (χ4n) is 2.48. The molecule has 0 fully saturated rings. The minimum absolute atomic E-state index is 0. The average molecular weight is 517 g/mol. The quantitative estimate of drug-likeness (QED) is 0.289. The Hall–Kier alpha value is -2.76. The molecule has 0 spiro atoms. The molecule has 0 radical (unpaired) electrons. The standard InChI is InChI=1S/C19H18F3N5O.HI/c20-19(21,22)28-17-9-5-4-8-16(17)26-18(23)24-10-15-11-25-27(13-15)12-14-6-2-1-3-7-14;/h1-9,11,13H,10,12H2,(H3,23,24,26);1H. The number of nitrogens with two attached hydrogens (primary N) is 1. The number of ether oxygens (including phenoxy) is 1. The number of anilines is 1. The second-order valence-electron chi connectivity index (χ2n) is 5.90.